The number of aromatic nitrogens is 2. The summed E-state index contributed by atoms with van der Waals surface area (Å²) in [5.41, 5.74) is 2.79. The van der Waals surface area contributed by atoms with Crippen molar-refractivity contribution in [3.63, 3.8) is 0 Å². The molecule has 0 saturated carbocycles. The van der Waals surface area contributed by atoms with Crippen LogP contribution in [-0.4, -0.2) is 28.2 Å². The molecule has 240 valence electrons. The van der Waals surface area contributed by atoms with Crippen molar-refractivity contribution in [1.29, 1.82) is 0 Å². The first-order chi connectivity index (χ1) is 21.3. The lowest BCUT2D eigenvalue weighted by molar-refractivity contribution is -0.225. The molecule has 5 nitrogen and oxygen atoms in total. The van der Waals surface area contributed by atoms with Gasteiger partial charge in [0.25, 0.3) is 0 Å². The number of alkyl halides is 3. The maximum atomic E-state index is 13.4. The zero-order valence-electron chi connectivity index (χ0n) is 26.2. The highest BCUT2D eigenvalue weighted by molar-refractivity contribution is 5.91. The molecule has 1 aromatic heterocycles. The molecule has 8 heteroatoms. The van der Waals surface area contributed by atoms with Gasteiger partial charge >= 0.3 is 12.1 Å². The normalized spacial score (nSPS) is 12.3. The SMILES string of the molecule is CCCCCCCCCCc1cnc(-c2ccc(OC(=O)c3ccc(COC(CCCCCC)C(F)(F)F)cc3)cc2)nc1. The third kappa shape index (κ3) is 12.8. The van der Waals surface area contributed by atoms with Gasteiger partial charge in [0.05, 0.1) is 12.2 Å². The lowest BCUT2D eigenvalue weighted by atomic mass is 10.1. The van der Waals surface area contributed by atoms with E-state index in [1.807, 2.05) is 19.3 Å². The highest BCUT2D eigenvalue weighted by Crippen LogP contribution is 2.28. The summed E-state index contributed by atoms with van der Waals surface area (Å²) in [6, 6.07) is 13.2. The van der Waals surface area contributed by atoms with Gasteiger partial charge in [0.2, 0.25) is 0 Å². The maximum absolute atomic E-state index is 13.4. The van der Waals surface area contributed by atoms with Crippen LogP contribution in [0, 0.1) is 0 Å². The predicted octanol–water partition coefficient (Wildman–Crippen LogP) is 10.5. The Kier molecular flexibility index (Phi) is 15.4. The Morgan fingerprint density at radius 2 is 1.30 bits per heavy atom. The second-order valence-corrected chi connectivity index (χ2v) is 11.4. The molecule has 1 atom stereocenters. The van der Waals surface area contributed by atoms with Gasteiger partial charge in [-0.05, 0) is 66.8 Å². The molecular weight excluding hydrogens is 565 g/mol. The van der Waals surface area contributed by atoms with Gasteiger partial charge in [-0.25, -0.2) is 14.8 Å². The van der Waals surface area contributed by atoms with Crippen molar-refractivity contribution in [3.8, 4) is 17.1 Å². The Hall–Kier alpha value is -3.26. The fraction of sp³-hybridized carbons (Fsp3) is 0.528. The van der Waals surface area contributed by atoms with Gasteiger partial charge in [0.1, 0.15) is 5.75 Å². The van der Waals surface area contributed by atoms with E-state index in [0.717, 1.165) is 43.2 Å². The Bertz CT molecular complexity index is 1210. The fourth-order valence-corrected chi connectivity index (χ4v) is 4.97. The summed E-state index contributed by atoms with van der Waals surface area (Å²) in [5, 5.41) is 0. The third-order valence-electron chi connectivity index (χ3n) is 7.67. The first kappa shape index (κ1) is 35.2. The maximum Gasteiger partial charge on any atom is 0.414 e. The van der Waals surface area contributed by atoms with E-state index in [2.05, 4.69) is 16.9 Å². The molecule has 0 bridgehead atoms. The van der Waals surface area contributed by atoms with E-state index in [9.17, 15) is 18.0 Å². The van der Waals surface area contributed by atoms with Gasteiger partial charge < -0.3 is 9.47 Å². The number of ether oxygens (including phenoxy) is 2. The number of carbonyl (C=O) groups excluding carboxylic acids is 1. The van der Waals surface area contributed by atoms with Crippen molar-refractivity contribution in [1.82, 2.24) is 9.97 Å². The van der Waals surface area contributed by atoms with Gasteiger partial charge in [0, 0.05) is 18.0 Å². The highest BCUT2D eigenvalue weighted by Gasteiger charge is 2.40. The minimum Gasteiger partial charge on any atom is -0.423 e. The number of unbranched alkanes of at least 4 members (excludes halogenated alkanes) is 10. The first-order valence-corrected chi connectivity index (χ1v) is 16.2. The van der Waals surface area contributed by atoms with E-state index in [-0.39, 0.29) is 13.0 Å². The average Bonchev–Trinajstić information content (AvgIpc) is 3.02. The molecule has 0 fully saturated rings. The van der Waals surface area contributed by atoms with Crippen LogP contribution in [0.3, 0.4) is 0 Å². The van der Waals surface area contributed by atoms with Crippen LogP contribution in [0.25, 0.3) is 11.4 Å². The van der Waals surface area contributed by atoms with E-state index in [4.69, 9.17) is 9.47 Å². The molecule has 1 heterocycles. The largest absolute Gasteiger partial charge is 0.423 e. The van der Waals surface area contributed by atoms with Gasteiger partial charge in [-0.2, -0.15) is 13.2 Å². The Morgan fingerprint density at radius 1 is 0.727 bits per heavy atom. The number of halogens is 3. The molecule has 0 spiro atoms. The Labute approximate surface area is 260 Å². The third-order valence-corrected chi connectivity index (χ3v) is 7.67. The summed E-state index contributed by atoms with van der Waals surface area (Å²) in [4.78, 5) is 21.7. The van der Waals surface area contributed by atoms with Crippen molar-refractivity contribution in [2.24, 2.45) is 0 Å². The molecule has 3 aromatic rings. The van der Waals surface area contributed by atoms with E-state index in [1.165, 1.54) is 57.1 Å². The van der Waals surface area contributed by atoms with Gasteiger partial charge in [-0.3, -0.25) is 0 Å². The van der Waals surface area contributed by atoms with E-state index >= 15 is 0 Å². The van der Waals surface area contributed by atoms with Crippen molar-refractivity contribution in [2.45, 2.75) is 123 Å². The molecule has 0 saturated heterocycles. The zero-order chi connectivity index (χ0) is 31.6. The summed E-state index contributed by atoms with van der Waals surface area (Å²) >= 11 is 0. The molecule has 44 heavy (non-hydrogen) atoms. The van der Waals surface area contributed by atoms with Crippen LogP contribution in [0.2, 0.25) is 0 Å². The summed E-state index contributed by atoms with van der Waals surface area (Å²) in [7, 11) is 0. The minimum absolute atomic E-state index is 0.0521. The van der Waals surface area contributed by atoms with Crippen LogP contribution < -0.4 is 4.74 Å². The molecule has 0 N–H and O–H groups in total. The monoisotopic (exact) mass is 612 g/mol. The molecule has 3 rings (SSSR count). The second-order valence-electron chi connectivity index (χ2n) is 11.4. The quantitative estimate of drug-likeness (QED) is 0.0722. The first-order valence-electron chi connectivity index (χ1n) is 16.2. The molecule has 0 amide bonds. The van der Waals surface area contributed by atoms with Crippen LogP contribution in [0.1, 0.15) is 119 Å². The molecule has 0 aliphatic carbocycles. The van der Waals surface area contributed by atoms with E-state index in [0.29, 0.717) is 29.1 Å². The van der Waals surface area contributed by atoms with Gasteiger partial charge in [-0.1, -0.05) is 96.6 Å². The van der Waals surface area contributed by atoms with Crippen LogP contribution >= 0.6 is 0 Å². The van der Waals surface area contributed by atoms with Crippen LogP contribution in [0.15, 0.2) is 60.9 Å². The smallest absolute Gasteiger partial charge is 0.414 e. The lowest BCUT2D eigenvalue weighted by Gasteiger charge is -2.21. The highest BCUT2D eigenvalue weighted by atomic mass is 19.4. The van der Waals surface area contributed by atoms with Gasteiger partial charge in [0.15, 0.2) is 11.9 Å². The van der Waals surface area contributed by atoms with Crippen molar-refractivity contribution in [3.05, 3.63) is 77.6 Å². The Balaban J connectivity index is 1.43. The number of hydrogen-bond acceptors (Lipinski definition) is 5. The van der Waals surface area contributed by atoms with Gasteiger partial charge in [-0.15, -0.1) is 0 Å². The summed E-state index contributed by atoms with van der Waals surface area (Å²) in [6.45, 7) is 4.07. The number of hydrogen-bond donors (Lipinski definition) is 0. The van der Waals surface area contributed by atoms with E-state index in [1.54, 1.807) is 36.4 Å². The molecule has 0 aliphatic heterocycles. The number of nitrogens with zero attached hydrogens (tertiary/aromatic N) is 2. The number of carbonyl (C=O) groups is 1. The van der Waals surface area contributed by atoms with Crippen LogP contribution in [0.4, 0.5) is 13.2 Å². The summed E-state index contributed by atoms with van der Waals surface area (Å²) < 4.78 is 50.8. The zero-order valence-corrected chi connectivity index (χ0v) is 26.2. The number of rotatable bonds is 20. The van der Waals surface area contributed by atoms with Crippen molar-refractivity contribution < 1.29 is 27.4 Å². The van der Waals surface area contributed by atoms with Crippen molar-refractivity contribution in [2.75, 3.05) is 0 Å². The number of benzene rings is 2. The Morgan fingerprint density at radius 3 is 1.89 bits per heavy atom. The molecule has 2 aromatic carbocycles. The molecular formula is C36H47F3N2O3. The fourth-order valence-electron chi connectivity index (χ4n) is 4.97. The topological polar surface area (TPSA) is 61.3 Å². The molecule has 0 aliphatic rings. The standard InChI is InChI=1S/C36H47F3N2O3/c1-3-5-7-9-10-11-12-13-15-29-25-40-34(41-26-29)30-21-23-32(24-22-30)44-35(42)31-19-17-28(18-20-31)27-43-33(36(37,38)39)16-14-8-6-4-2/h17-26,33H,3-16,27H2,1-2H3. The van der Waals surface area contributed by atoms with Crippen LogP contribution in [0.5, 0.6) is 5.75 Å². The summed E-state index contributed by atoms with van der Waals surface area (Å²) in [5.74, 6) is 0.415. The molecule has 0 radical (unpaired) electrons. The predicted molar refractivity (Wildman–Crippen MR) is 169 cm³/mol. The number of aryl methyl sites for hydroxylation is 1. The lowest BCUT2D eigenvalue weighted by Crippen LogP contribution is -2.31. The average molecular weight is 613 g/mol. The van der Waals surface area contributed by atoms with Crippen LogP contribution in [-0.2, 0) is 17.8 Å². The minimum atomic E-state index is -4.41. The summed E-state index contributed by atoms with van der Waals surface area (Å²) in [6.07, 6.45) is 11.8. The van der Waals surface area contributed by atoms with E-state index < -0.39 is 18.2 Å². The van der Waals surface area contributed by atoms with Crippen molar-refractivity contribution >= 4 is 5.97 Å². The number of esters is 1. The molecule has 1 unspecified atom stereocenters. The second kappa shape index (κ2) is 19.2.